The van der Waals surface area contributed by atoms with E-state index in [1.165, 1.54) is 11.3 Å². The van der Waals surface area contributed by atoms with Crippen LogP contribution in [-0.4, -0.2) is 27.1 Å². The molecular formula is C26H26N4O4S. The van der Waals surface area contributed by atoms with E-state index in [9.17, 15) is 9.59 Å². The number of aromatic nitrogens is 3. The van der Waals surface area contributed by atoms with E-state index in [2.05, 4.69) is 20.5 Å². The molecule has 0 aliphatic carbocycles. The lowest BCUT2D eigenvalue weighted by atomic mass is 10.1. The normalized spacial score (nSPS) is 10.8. The fraction of sp³-hybridized carbons (Fsp3) is 0.269. The van der Waals surface area contributed by atoms with Crippen molar-refractivity contribution in [2.75, 3.05) is 5.32 Å². The van der Waals surface area contributed by atoms with Gasteiger partial charge in [-0.1, -0.05) is 29.8 Å². The Labute approximate surface area is 207 Å². The van der Waals surface area contributed by atoms with E-state index in [0.717, 1.165) is 27.9 Å². The summed E-state index contributed by atoms with van der Waals surface area (Å²) in [7, 11) is 0. The Bertz CT molecular complexity index is 1330. The van der Waals surface area contributed by atoms with E-state index >= 15 is 0 Å². The minimum absolute atomic E-state index is 0.0480. The molecule has 2 heterocycles. The van der Waals surface area contributed by atoms with Gasteiger partial charge in [0.25, 0.3) is 0 Å². The Morgan fingerprint density at radius 1 is 1.03 bits per heavy atom. The third-order valence-electron chi connectivity index (χ3n) is 5.27. The van der Waals surface area contributed by atoms with Crippen LogP contribution in [0.1, 0.15) is 39.7 Å². The van der Waals surface area contributed by atoms with Gasteiger partial charge in [0, 0.05) is 23.1 Å². The summed E-state index contributed by atoms with van der Waals surface area (Å²) < 4.78 is 11.0. The predicted octanol–water partition coefficient (Wildman–Crippen LogP) is 4.98. The Kier molecular flexibility index (Phi) is 7.67. The van der Waals surface area contributed by atoms with Crippen LogP contribution < -0.4 is 5.32 Å². The number of nitrogens with one attached hydrogen (secondary N) is 1. The molecule has 0 aliphatic heterocycles. The van der Waals surface area contributed by atoms with E-state index in [1.54, 1.807) is 5.38 Å². The molecule has 0 saturated carbocycles. The van der Waals surface area contributed by atoms with Crippen molar-refractivity contribution in [1.29, 1.82) is 0 Å². The zero-order valence-electron chi connectivity index (χ0n) is 19.8. The summed E-state index contributed by atoms with van der Waals surface area (Å²) in [5.41, 5.74) is 5.46. The molecule has 1 amide bonds. The fourth-order valence-corrected chi connectivity index (χ4v) is 4.08. The molecule has 0 saturated heterocycles. The Morgan fingerprint density at radius 2 is 1.80 bits per heavy atom. The van der Waals surface area contributed by atoms with Gasteiger partial charge in [-0.15, -0.1) is 21.5 Å². The maximum absolute atomic E-state index is 12.4. The van der Waals surface area contributed by atoms with Crippen LogP contribution >= 0.6 is 11.3 Å². The molecule has 2 aromatic carbocycles. The van der Waals surface area contributed by atoms with Crippen LogP contribution in [0, 0.1) is 20.8 Å². The standard InChI is InChI=1S/C26H26N4O4S/c1-16-5-8-19(9-6-16)26-30-29-23(34-26)10-11-25(32)33-14-20-15-35-24(27-20)13-22(31)28-21-12-17(2)4-7-18(21)3/h4-9,12,15H,10-11,13-14H2,1-3H3,(H,28,31). The molecule has 2 aromatic heterocycles. The summed E-state index contributed by atoms with van der Waals surface area (Å²) in [5, 5.41) is 13.4. The number of benzene rings is 2. The quantitative estimate of drug-likeness (QED) is 0.330. The molecule has 9 heteroatoms. The molecule has 8 nitrogen and oxygen atoms in total. The first kappa shape index (κ1) is 24.3. The van der Waals surface area contributed by atoms with Gasteiger partial charge in [0.15, 0.2) is 0 Å². The number of nitrogens with zero attached hydrogens (tertiary/aromatic N) is 3. The predicted molar refractivity (Wildman–Crippen MR) is 133 cm³/mol. The Hall–Kier alpha value is -3.85. The summed E-state index contributed by atoms with van der Waals surface area (Å²) in [4.78, 5) is 29.0. The third-order valence-corrected chi connectivity index (χ3v) is 6.17. The number of esters is 1. The average Bonchev–Trinajstić information content (AvgIpc) is 3.49. The maximum Gasteiger partial charge on any atom is 0.306 e. The van der Waals surface area contributed by atoms with Gasteiger partial charge in [-0.05, 0) is 50.1 Å². The first-order valence-electron chi connectivity index (χ1n) is 11.2. The molecule has 0 fully saturated rings. The number of hydrogen-bond donors (Lipinski definition) is 1. The number of rotatable bonds is 9. The number of carbonyl (C=O) groups excluding carboxylic acids is 2. The van der Waals surface area contributed by atoms with Crippen LogP contribution in [0.3, 0.4) is 0 Å². The highest BCUT2D eigenvalue weighted by molar-refractivity contribution is 7.09. The van der Waals surface area contributed by atoms with Gasteiger partial charge >= 0.3 is 5.97 Å². The highest BCUT2D eigenvalue weighted by atomic mass is 32.1. The first-order valence-corrected chi connectivity index (χ1v) is 12.1. The lowest BCUT2D eigenvalue weighted by molar-refractivity contribution is -0.145. The Morgan fingerprint density at radius 3 is 2.60 bits per heavy atom. The van der Waals surface area contributed by atoms with Crippen molar-refractivity contribution in [1.82, 2.24) is 15.2 Å². The Balaban J connectivity index is 1.21. The molecule has 4 aromatic rings. The summed E-state index contributed by atoms with van der Waals surface area (Å²) in [6.07, 6.45) is 0.565. The zero-order valence-corrected chi connectivity index (χ0v) is 20.6. The fourth-order valence-electron chi connectivity index (χ4n) is 3.30. The number of aryl methyl sites for hydroxylation is 4. The second-order valence-electron chi connectivity index (χ2n) is 8.30. The van der Waals surface area contributed by atoms with Gasteiger partial charge in [-0.3, -0.25) is 9.59 Å². The van der Waals surface area contributed by atoms with Crippen molar-refractivity contribution in [3.8, 4) is 11.5 Å². The van der Waals surface area contributed by atoms with Crippen LogP contribution in [0.5, 0.6) is 0 Å². The van der Waals surface area contributed by atoms with Crippen molar-refractivity contribution in [3.05, 3.63) is 81.1 Å². The first-order chi connectivity index (χ1) is 16.9. The van der Waals surface area contributed by atoms with E-state index < -0.39 is 0 Å². The molecule has 35 heavy (non-hydrogen) atoms. The molecule has 1 N–H and O–H groups in total. The molecule has 0 bridgehead atoms. The van der Waals surface area contributed by atoms with Crippen molar-refractivity contribution < 1.29 is 18.7 Å². The van der Waals surface area contributed by atoms with Crippen molar-refractivity contribution >= 4 is 28.9 Å². The number of amides is 1. The highest BCUT2D eigenvalue weighted by Gasteiger charge is 2.13. The lowest BCUT2D eigenvalue weighted by Crippen LogP contribution is -2.15. The summed E-state index contributed by atoms with van der Waals surface area (Å²) >= 11 is 1.36. The van der Waals surface area contributed by atoms with Gasteiger partial charge in [0.1, 0.15) is 11.6 Å². The number of anilines is 1. The van der Waals surface area contributed by atoms with E-state index in [-0.39, 0.29) is 31.3 Å². The molecule has 0 radical (unpaired) electrons. The van der Waals surface area contributed by atoms with Gasteiger partial charge in [0.05, 0.1) is 18.5 Å². The largest absolute Gasteiger partial charge is 0.459 e. The van der Waals surface area contributed by atoms with E-state index in [0.29, 0.717) is 28.9 Å². The highest BCUT2D eigenvalue weighted by Crippen LogP contribution is 2.20. The van der Waals surface area contributed by atoms with Crippen LogP contribution in [0.25, 0.3) is 11.5 Å². The molecular weight excluding hydrogens is 464 g/mol. The second-order valence-corrected chi connectivity index (χ2v) is 9.25. The lowest BCUT2D eigenvalue weighted by Gasteiger charge is -2.08. The molecule has 180 valence electrons. The second kappa shape index (κ2) is 11.1. The summed E-state index contributed by atoms with van der Waals surface area (Å²) in [6, 6.07) is 13.7. The van der Waals surface area contributed by atoms with Gasteiger partial charge in [-0.2, -0.15) is 0 Å². The van der Waals surface area contributed by atoms with Crippen molar-refractivity contribution in [2.24, 2.45) is 0 Å². The minimum atomic E-state index is -0.387. The summed E-state index contributed by atoms with van der Waals surface area (Å²) in [5.74, 6) is 0.275. The van der Waals surface area contributed by atoms with Gasteiger partial charge < -0.3 is 14.5 Å². The zero-order chi connectivity index (χ0) is 24.8. The smallest absolute Gasteiger partial charge is 0.306 e. The van der Waals surface area contributed by atoms with E-state index in [4.69, 9.17) is 9.15 Å². The average molecular weight is 491 g/mol. The molecule has 0 spiro atoms. The number of ether oxygens (including phenoxy) is 1. The van der Waals surface area contributed by atoms with Crippen molar-refractivity contribution in [2.45, 2.75) is 46.6 Å². The van der Waals surface area contributed by atoms with Crippen LogP contribution in [0.2, 0.25) is 0 Å². The van der Waals surface area contributed by atoms with Gasteiger partial charge in [0.2, 0.25) is 17.7 Å². The number of thiazole rings is 1. The number of carbonyl (C=O) groups is 2. The van der Waals surface area contributed by atoms with Crippen LogP contribution in [0.15, 0.2) is 52.3 Å². The van der Waals surface area contributed by atoms with Crippen molar-refractivity contribution in [3.63, 3.8) is 0 Å². The molecule has 0 unspecified atom stereocenters. The summed E-state index contributed by atoms with van der Waals surface area (Å²) in [6.45, 7) is 5.98. The van der Waals surface area contributed by atoms with Crippen LogP contribution in [-0.2, 0) is 33.8 Å². The van der Waals surface area contributed by atoms with Crippen LogP contribution in [0.4, 0.5) is 5.69 Å². The van der Waals surface area contributed by atoms with Gasteiger partial charge in [-0.25, -0.2) is 4.98 Å². The maximum atomic E-state index is 12.4. The molecule has 4 rings (SSSR count). The number of hydrogen-bond acceptors (Lipinski definition) is 8. The topological polar surface area (TPSA) is 107 Å². The molecule has 0 aliphatic rings. The third kappa shape index (κ3) is 6.83. The minimum Gasteiger partial charge on any atom is -0.459 e. The SMILES string of the molecule is Cc1ccc(-c2nnc(CCC(=O)OCc3csc(CC(=O)Nc4cc(C)ccc4C)n3)o2)cc1. The molecule has 0 atom stereocenters. The van der Waals surface area contributed by atoms with E-state index in [1.807, 2.05) is 63.2 Å². The monoisotopic (exact) mass is 490 g/mol.